The average molecular weight is 313 g/mol. The van der Waals surface area contributed by atoms with Crippen LogP contribution >= 0.6 is 0 Å². The van der Waals surface area contributed by atoms with Crippen LogP contribution in [0.3, 0.4) is 0 Å². The van der Waals surface area contributed by atoms with E-state index in [0.717, 1.165) is 19.6 Å². The normalized spacial score (nSPS) is 21.4. The number of nitrogen functional groups attached to an aromatic ring is 1. The highest BCUT2D eigenvalue weighted by molar-refractivity contribution is 7.89. The molecule has 0 bridgehead atoms. The average Bonchev–Trinajstić information content (AvgIpc) is 2.40. The predicted octanol–water partition coefficient (Wildman–Crippen LogP) is -0.426. The third-order valence-electron chi connectivity index (χ3n) is 3.88. The summed E-state index contributed by atoms with van der Waals surface area (Å²) >= 11 is 0. The zero-order chi connectivity index (χ0) is 15.6. The summed E-state index contributed by atoms with van der Waals surface area (Å²) in [7, 11) is 0.378. The SMILES string of the molecule is CN1CCN(C)C(CNc2cccc(S(N)(=O)=O)c2N)C1. The molecule has 118 valence electrons. The fraction of sp³-hybridized carbons (Fsp3) is 0.538. The van der Waals surface area contributed by atoms with Crippen molar-refractivity contribution in [2.24, 2.45) is 5.14 Å². The summed E-state index contributed by atoms with van der Waals surface area (Å²) in [5, 5.41) is 8.39. The number of anilines is 2. The molecule has 8 heteroatoms. The molecule has 0 aromatic heterocycles. The highest BCUT2D eigenvalue weighted by atomic mass is 32.2. The number of nitrogens with one attached hydrogen (secondary N) is 1. The highest BCUT2D eigenvalue weighted by Gasteiger charge is 2.22. The van der Waals surface area contributed by atoms with E-state index in [9.17, 15) is 8.42 Å². The number of para-hydroxylation sites is 1. The molecular weight excluding hydrogens is 290 g/mol. The van der Waals surface area contributed by atoms with Crippen LogP contribution in [0.5, 0.6) is 0 Å². The second-order valence-electron chi connectivity index (χ2n) is 5.54. The van der Waals surface area contributed by atoms with E-state index in [0.29, 0.717) is 18.3 Å². The van der Waals surface area contributed by atoms with Gasteiger partial charge in [0.2, 0.25) is 10.0 Å². The second kappa shape index (κ2) is 6.18. The molecule has 1 saturated heterocycles. The van der Waals surface area contributed by atoms with Crippen LogP contribution in [0, 0.1) is 0 Å². The first-order valence-corrected chi connectivity index (χ1v) is 8.37. The maximum atomic E-state index is 11.5. The lowest BCUT2D eigenvalue weighted by Gasteiger charge is -2.38. The van der Waals surface area contributed by atoms with Gasteiger partial charge in [0, 0.05) is 32.2 Å². The Bertz CT molecular complexity index is 605. The lowest BCUT2D eigenvalue weighted by Crippen LogP contribution is -2.52. The predicted molar refractivity (Wildman–Crippen MR) is 84.6 cm³/mol. The van der Waals surface area contributed by atoms with E-state index >= 15 is 0 Å². The Morgan fingerprint density at radius 2 is 2.05 bits per heavy atom. The number of nitrogens with two attached hydrogens (primary N) is 2. The lowest BCUT2D eigenvalue weighted by atomic mass is 10.1. The van der Waals surface area contributed by atoms with Gasteiger partial charge in [-0.05, 0) is 26.2 Å². The number of nitrogens with zero attached hydrogens (tertiary/aromatic N) is 2. The van der Waals surface area contributed by atoms with Gasteiger partial charge in [-0.15, -0.1) is 0 Å². The van der Waals surface area contributed by atoms with Crippen molar-refractivity contribution in [1.82, 2.24) is 9.80 Å². The van der Waals surface area contributed by atoms with Crippen molar-refractivity contribution in [1.29, 1.82) is 0 Å². The number of piperazine rings is 1. The standard InChI is InChI=1S/C13H23N5O2S/c1-17-6-7-18(2)10(9-17)8-16-11-4-3-5-12(13(11)14)21(15,19)20/h3-5,10,16H,6-9,14H2,1-2H3,(H2,15,19,20). The first kappa shape index (κ1) is 16.0. The van der Waals surface area contributed by atoms with Gasteiger partial charge in [-0.3, -0.25) is 4.90 Å². The van der Waals surface area contributed by atoms with Crippen LogP contribution in [0.2, 0.25) is 0 Å². The summed E-state index contributed by atoms with van der Waals surface area (Å²) in [4.78, 5) is 4.52. The van der Waals surface area contributed by atoms with E-state index in [-0.39, 0.29) is 10.6 Å². The Hall–Kier alpha value is -1.35. The molecule has 0 saturated carbocycles. The van der Waals surface area contributed by atoms with Crippen molar-refractivity contribution in [2.75, 3.05) is 51.3 Å². The molecule has 0 aliphatic carbocycles. The van der Waals surface area contributed by atoms with Crippen molar-refractivity contribution in [3.05, 3.63) is 18.2 Å². The monoisotopic (exact) mass is 313 g/mol. The molecule has 1 fully saturated rings. The number of sulfonamides is 1. The van der Waals surface area contributed by atoms with Crippen LogP contribution < -0.4 is 16.2 Å². The second-order valence-corrected chi connectivity index (χ2v) is 7.07. The topological polar surface area (TPSA) is 105 Å². The molecule has 5 N–H and O–H groups in total. The first-order valence-electron chi connectivity index (χ1n) is 6.83. The van der Waals surface area contributed by atoms with Crippen LogP contribution in [-0.4, -0.2) is 64.5 Å². The molecule has 1 unspecified atom stereocenters. The zero-order valence-electron chi connectivity index (χ0n) is 12.4. The van der Waals surface area contributed by atoms with E-state index in [2.05, 4.69) is 29.2 Å². The molecule has 2 rings (SSSR count). The third-order valence-corrected chi connectivity index (χ3v) is 4.85. The van der Waals surface area contributed by atoms with Crippen molar-refractivity contribution in [3.63, 3.8) is 0 Å². The molecule has 1 aliphatic heterocycles. The van der Waals surface area contributed by atoms with Crippen molar-refractivity contribution in [2.45, 2.75) is 10.9 Å². The number of hydrogen-bond acceptors (Lipinski definition) is 6. The Labute approximate surface area is 125 Å². The minimum atomic E-state index is -3.80. The van der Waals surface area contributed by atoms with Crippen LogP contribution in [0.1, 0.15) is 0 Å². The molecule has 1 aromatic rings. The van der Waals surface area contributed by atoms with Crippen LogP contribution in [0.15, 0.2) is 23.1 Å². The maximum Gasteiger partial charge on any atom is 0.240 e. The Morgan fingerprint density at radius 3 is 2.71 bits per heavy atom. The van der Waals surface area contributed by atoms with Gasteiger partial charge in [-0.2, -0.15) is 0 Å². The molecule has 0 amide bonds. The van der Waals surface area contributed by atoms with E-state index < -0.39 is 10.0 Å². The molecule has 1 aromatic carbocycles. The number of likely N-dealkylation sites (N-methyl/N-ethyl adjacent to an activating group) is 2. The fourth-order valence-corrected chi connectivity index (χ4v) is 3.18. The van der Waals surface area contributed by atoms with Crippen LogP contribution in [0.4, 0.5) is 11.4 Å². The molecule has 21 heavy (non-hydrogen) atoms. The van der Waals surface area contributed by atoms with Gasteiger partial charge in [0.15, 0.2) is 0 Å². The van der Waals surface area contributed by atoms with Crippen molar-refractivity contribution < 1.29 is 8.42 Å². The summed E-state index contributed by atoms with van der Waals surface area (Å²) in [6, 6.07) is 5.16. The fourth-order valence-electron chi connectivity index (χ4n) is 2.50. The van der Waals surface area contributed by atoms with E-state index in [1.54, 1.807) is 12.1 Å². The molecule has 0 spiro atoms. The molecule has 1 heterocycles. The Morgan fingerprint density at radius 1 is 1.33 bits per heavy atom. The Kier molecular flexibility index (Phi) is 4.72. The Balaban J connectivity index is 2.10. The number of benzene rings is 1. The van der Waals surface area contributed by atoms with Crippen LogP contribution in [-0.2, 0) is 10.0 Å². The minimum absolute atomic E-state index is 0.0402. The van der Waals surface area contributed by atoms with Crippen molar-refractivity contribution >= 4 is 21.4 Å². The van der Waals surface area contributed by atoms with Gasteiger partial charge in [0.1, 0.15) is 4.90 Å². The summed E-state index contributed by atoms with van der Waals surface area (Å²) in [5.74, 6) is 0. The van der Waals surface area contributed by atoms with Gasteiger partial charge in [0.05, 0.1) is 11.4 Å². The highest BCUT2D eigenvalue weighted by Crippen LogP contribution is 2.25. The third kappa shape index (κ3) is 3.85. The molecular formula is C13H23N5O2S. The van der Waals surface area contributed by atoms with Crippen LogP contribution in [0.25, 0.3) is 0 Å². The quantitative estimate of drug-likeness (QED) is 0.652. The molecule has 0 radical (unpaired) electrons. The van der Waals surface area contributed by atoms with E-state index in [1.807, 2.05) is 0 Å². The van der Waals surface area contributed by atoms with Gasteiger partial charge in [-0.25, -0.2) is 13.6 Å². The summed E-state index contributed by atoms with van der Waals surface area (Å²) in [6.45, 7) is 3.71. The lowest BCUT2D eigenvalue weighted by molar-refractivity contribution is 0.122. The van der Waals surface area contributed by atoms with Gasteiger partial charge >= 0.3 is 0 Å². The van der Waals surface area contributed by atoms with E-state index in [4.69, 9.17) is 10.9 Å². The van der Waals surface area contributed by atoms with E-state index in [1.165, 1.54) is 6.07 Å². The smallest absolute Gasteiger partial charge is 0.240 e. The summed E-state index contributed by atoms with van der Waals surface area (Å²) < 4.78 is 22.9. The number of hydrogen-bond donors (Lipinski definition) is 3. The largest absolute Gasteiger partial charge is 0.396 e. The van der Waals surface area contributed by atoms with Gasteiger partial charge < -0.3 is 16.0 Å². The summed E-state index contributed by atoms with van der Waals surface area (Å²) in [6.07, 6.45) is 0. The maximum absolute atomic E-state index is 11.5. The van der Waals surface area contributed by atoms with Gasteiger partial charge in [-0.1, -0.05) is 6.07 Å². The molecule has 7 nitrogen and oxygen atoms in total. The number of rotatable bonds is 4. The molecule has 1 atom stereocenters. The first-order chi connectivity index (χ1) is 9.79. The zero-order valence-corrected chi connectivity index (χ0v) is 13.2. The molecule has 1 aliphatic rings. The summed E-state index contributed by atoms with van der Waals surface area (Å²) in [5.41, 5.74) is 6.67. The number of primary sulfonamides is 1. The van der Waals surface area contributed by atoms with Gasteiger partial charge in [0.25, 0.3) is 0 Å². The van der Waals surface area contributed by atoms with Crippen molar-refractivity contribution in [3.8, 4) is 0 Å². The minimum Gasteiger partial charge on any atom is -0.396 e.